The van der Waals surface area contributed by atoms with Crippen molar-refractivity contribution in [3.63, 3.8) is 0 Å². The van der Waals surface area contributed by atoms with Crippen LogP contribution in [0, 0.1) is 0 Å². The van der Waals surface area contributed by atoms with Crippen molar-refractivity contribution < 1.29 is 9.59 Å². The first kappa shape index (κ1) is 18.2. The molecule has 0 aromatic carbocycles. The highest BCUT2D eigenvalue weighted by atomic mass is 32.2. The second kappa shape index (κ2) is 7.76. The van der Waals surface area contributed by atoms with Gasteiger partial charge in [0.05, 0.1) is 24.8 Å². The van der Waals surface area contributed by atoms with E-state index in [-0.39, 0.29) is 17.9 Å². The maximum atomic E-state index is 12.7. The van der Waals surface area contributed by atoms with E-state index in [0.29, 0.717) is 31.9 Å². The molecule has 9 heteroatoms. The lowest BCUT2D eigenvalue weighted by Crippen LogP contribution is -2.48. The van der Waals surface area contributed by atoms with Crippen molar-refractivity contribution in [2.75, 3.05) is 52.4 Å². The smallest absolute Gasteiger partial charge is 0.271 e. The van der Waals surface area contributed by atoms with Crippen molar-refractivity contribution in [1.29, 1.82) is 0 Å². The molecular weight excluding hydrogens is 340 g/mol. The molecule has 2 amide bonds. The summed E-state index contributed by atoms with van der Waals surface area (Å²) in [6.07, 6.45) is 0. The number of fused-ring (bicyclic) bond motifs is 1. The molecule has 0 radical (unpaired) electrons. The summed E-state index contributed by atoms with van der Waals surface area (Å²) in [5, 5.41) is 7.27. The summed E-state index contributed by atoms with van der Waals surface area (Å²) >= 11 is 1.79. The van der Waals surface area contributed by atoms with E-state index in [1.807, 2.05) is 35.6 Å². The number of thioether (sulfide) groups is 1. The summed E-state index contributed by atoms with van der Waals surface area (Å²) in [5.74, 6) is 1.77. The average molecular weight is 366 g/mol. The van der Waals surface area contributed by atoms with Crippen LogP contribution < -0.4 is 5.32 Å². The van der Waals surface area contributed by atoms with Crippen LogP contribution in [0.15, 0.2) is 6.07 Å². The number of nitrogens with one attached hydrogen (secondary N) is 1. The number of hydrogen-bond donors (Lipinski definition) is 1. The monoisotopic (exact) mass is 366 g/mol. The Labute approximate surface area is 152 Å². The Kier molecular flexibility index (Phi) is 5.65. The van der Waals surface area contributed by atoms with Gasteiger partial charge in [-0.05, 0) is 27.2 Å². The van der Waals surface area contributed by atoms with Crippen LogP contribution in [-0.4, -0.2) is 94.7 Å². The minimum absolute atomic E-state index is 0.0340. The van der Waals surface area contributed by atoms with E-state index in [0.717, 1.165) is 23.9 Å². The summed E-state index contributed by atoms with van der Waals surface area (Å²) in [7, 11) is 5.92. The van der Waals surface area contributed by atoms with Gasteiger partial charge >= 0.3 is 0 Å². The predicted octanol–water partition coefficient (Wildman–Crippen LogP) is -0.479. The van der Waals surface area contributed by atoms with E-state index >= 15 is 0 Å². The lowest BCUT2D eigenvalue weighted by atomic mass is 10.2. The molecule has 1 N–H and O–H groups in total. The Morgan fingerprint density at radius 3 is 2.88 bits per heavy atom. The fourth-order valence-electron chi connectivity index (χ4n) is 3.05. The number of hydrogen-bond acceptors (Lipinski definition) is 6. The Hall–Kier alpha value is -1.58. The molecule has 3 rings (SSSR count). The van der Waals surface area contributed by atoms with Crippen molar-refractivity contribution in [2.24, 2.45) is 0 Å². The van der Waals surface area contributed by atoms with Gasteiger partial charge in [0, 0.05) is 31.3 Å². The molecule has 1 saturated heterocycles. The van der Waals surface area contributed by atoms with Gasteiger partial charge in [-0.15, -0.1) is 11.8 Å². The molecule has 0 spiro atoms. The molecule has 0 aliphatic carbocycles. The Bertz CT molecular complexity index is 647. The molecule has 2 aliphatic rings. The molecule has 8 nitrogen and oxygen atoms in total. The third-order valence-corrected chi connectivity index (χ3v) is 5.72. The molecule has 3 heterocycles. The van der Waals surface area contributed by atoms with E-state index in [1.54, 1.807) is 17.8 Å². The van der Waals surface area contributed by atoms with Gasteiger partial charge in [-0.2, -0.15) is 5.10 Å². The number of amides is 2. The van der Waals surface area contributed by atoms with E-state index in [1.165, 1.54) is 0 Å². The Balaban J connectivity index is 1.61. The van der Waals surface area contributed by atoms with E-state index < -0.39 is 0 Å². The number of nitrogens with zero attached hydrogens (tertiary/aromatic N) is 5. The Morgan fingerprint density at radius 2 is 2.20 bits per heavy atom. The molecule has 25 heavy (non-hydrogen) atoms. The van der Waals surface area contributed by atoms with Gasteiger partial charge in [0.25, 0.3) is 5.91 Å². The fraction of sp³-hybridized carbons (Fsp3) is 0.688. The van der Waals surface area contributed by atoms with Crippen LogP contribution >= 0.6 is 11.8 Å². The summed E-state index contributed by atoms with van der Waals surface area (Å²) in [6.45, 7) is 3.17. The van der Waals surface area contributed by atoms with Gasteiger partial charge in [-0.3, -0.25) is 19.2 Å². The predicted molar refractivity (Wildman–Crippen MR) is 97.4 cm³/mol. The number of rotatable bonds is 5. The summed E-state index contributed by atoms with van der Waals surface area (Å²) in [4.78, 5) is 30.9. The van der Waals surface area contributed by atoms with Crippen LogP contribution in [0.25, 0.3) is 0 Å². The second-order valence-electron chi connectivity index (χ2n) is 6.84. The van der Waals surface area contributed by atoms with Crippen LogP contribution in [0.3, 0.4) is 0 Å². The van der Waals surface area contributed by atoms with Crippen molar-refractivity contribution in [3.05, 3.63) is 17.5 Å². The normalized spacial score (nSPS) is 20.8. The van der Waals surface area contributed by atoms with Gasteiger partial charge in [-0.1, -0.05) is 0 Å². The van der Waals surface area contributed by atoms with Crippen LogP contribution in [-0.2, 0) is 17.9 Å². The molecule has 0 saturated carbocycles. The van der Waals surface area contributed by atoms with E-state index in [4.69, 9.17) is 0 Å². The zero-order valence-corrected chi connectivity index (χ0v) is 15.9. The SMILES string of the molecule is CN(C)CCNC(=O)c1cc2n(n1)CCN(C(=O)[C@@H]1CSCN1C)C2. The quantitative estimate of drug-likeness (QED) is 0.759. The van der Waals surface area contributed by atoms with E-state index in [2.05, 4.69) is 15.3 Å². The maximum absolute atomic E-state index is 12.7. The standard InChI is InChI=1S/C16H26N6O2S/c1-19(2)5-4-17-15(23)13-8-12-9-21(6-7-22(12)18-13)16(24)14-10-25-11-20(14)3/h8,14H,4-7,9-11H2,1-3H3,(H,17,23)/t14-/m0/s1. The minimum atomic E-state index is -0.159. The molecule has 1 atom stereocenters. The highest BCUT2D eigenvalue weighted by Gasteiger charge is 2.33. The number of likely N-dealkylation sites (N-methyl/N-ethyl adjacent to an activating group) is 2. The number of carbonyl (C=O) groups excluding carboxylic acids is 2. The second-order valence-corrected chi connectivity index (χ2v) is 7.84. The largest absolute Gasteiger partial charge is 0.349 e. The van der Waals surface area contributed by atoms with Crippen molar-refractivity contribution in [2.45, 2.75) is 19.1 Å². The van der Waals surface area contributed by atoms with Gasteiger partial charge < -0.3 is 15.1 Å². The first-order chi connectivity index (χ1) is 12.0. The number of carbonyl (C=O) groups is 2. The highest BCUT2D eigenvalue weighted by Crippen LogP contribution is 2.22. The molecule has 1 fully saturated rings. The third-order valence-electron chi connectivity index (χ3n) is 4.57. The molecule has 1 aromatic rings. The first-order valence-electron chi connectivity index (χ1n) is 8.52. The molecule has 2 aliphatic heterocycles. The van der Waals surface area contributed by atoms with Crippen LogP contribution in [0.2, 0.25) is 0 Å². The zero-order valence-electron chi connectivity index (χ0n) is 15.1. The molecule has 138 valence electrons. The minimum Gasteiger partial charge on any atom is -0.349 e. The summed E-state index contributed by atoms with van der Waals surface area (Å²) in [5.41, 5.74) is 1.35. The molecule has 0 unspecified atom stereocenters. The highest BCUT2D eigenvalue weighted by molar-refractivity contribution is 7.99. The maximum Gasteiger partial charge on any atom is 0.271 e. The van der Waals surface area contributed by atoms with Gasteiger partial charge in [-0.25, -0.2) is 0 Å². The fourth-order valence-corrected chi connectivity index (χ4v) is 4.24. The van der Waals surface area contributed by atoms with Crippen molar-refractivity contribution in [3.8, 4) is 0 Å². The average Bonchev–Trinajstić information content (AvgIpc) is 3.18. The van der Waals surface area contributed by atoms with Gasteiger partial charge in [0.15, 0.2) is 5.69 Å². The summed E-state index contributed by atoms with van der Waals surface area (Å²) < 4.78 is 1.84. The zero-order chi connectivity index (χ0) is 18.0. The third kappa shape index (κ3) is 4.16. The van der Waals surface area contributed by atoms with Gasteiger partial charge in [0.1, 0.15) is 0 Å². The first-order valence-corrected chi connectivity index (χ1v) is 9.67. The van der Waals surface area contributed by atoms with Crippen LogP contribution in [0.1, 0.15) is 16.2 Å². The van der Waals surface area contributed by atoms with Crippen LogP contribution in [0.5, 0.6) is 0 Å². The number of aromatic nitrogens is 2. The summed E-state index contributed by atoms with van der Waals surface area (Å²) in [6, 6.07) is 1.77. The molecular formula is C16H26N6O2S. The van der Waals surface area contributed by atoms with Crippen molar-refractivity contribution >= 4 is 23.6 Å². The van der Waals surface area contributed by atoms with E-state index in [9.17, 15) is 9.59 Å². The molecule has 0 bridgehead atoms. The molecule has 1 aromatic heterocycles. The lowest BCUT2D eigenvalue weighted by Gasteiger charge is -2.31. The Morgan fingerprint density at radius 1 is 1.40 bits per heavy atom. The van der Waals surface area contributed by atoms with Crippen molar-refractivity contribution in [1.82, 2.24) is 29.8 Å². The van der Waals surface area contributed by atoms with Crippen LogP contribution in [0.4, 0.5) is 0 Å². The lowest BCUT2D eigenvalue weighted by molar-refractivity contribution is -0.136. The van der Waals surface area contributed by atoms with Gasteiger partial charge in [0.2, 0.25) is 5.91 Å². The topological polar surface area (TPSA) is 73.7 Å².